The van der Waals surface area contributed by atoms with Crippen molar-refractivity contribution in [1.29, 1.82) is 0 Å². The summed E-state index contributed by atoms with van der Waals surface area (Å²) in [7, 11) is 0. The largest absolute Gasteiger partial charge is 0.326 e. The number of benzene rings is 1. The molecule has 0 aliphatic rings. The second-order valence-corrected chi connectivity index (χ2v) is 5.56. The van der Waals surface area contributed by atoms with Crippen LogP contribution in [0.2, 0.25) is 0 Å². The molecule has 0 saturated heterocycles. The Kier molecular flexibility index (Phi) is 5.48. The maximum atomic E-state index is 12.0. The minimum Gasteiger partial charge on any atom is -0.326 e. The summed E-state index contributed by atoms with van der Waals surface area (Å²) in [6, 6.07) is 6.72. The zero-order valence-corrected chi connectivity index (χ0v) is 14.2. The zero-order valence-electron chi connectivity index (χ0n) is 14.2. The Labute approximate surface area is 144 Å². The summed E-state index contributed by atoms with van der Waals surface area (Å²) in [4.78, 5) is 33.5. The van der Waals surface area contributed by atoms with Crippen molar-refractivity contribution in [1.82, 2.24) is 9.78 Å². The molecule has 1 aromatic heterocycles. The van der Waals surface area contributed by atoms with E-state index in [1.807, 2.05) is 0 Å². The number of carbonyl (C=O) groups is 2. The van der Waals surface area contributed by atoms with Gasteiger partial charge in [-0.1, -0.05) is 0 Å². The van der Waals surface area contributed by atoms with Gasteiger partial charge in [0.15, 0.2) is 0 Å². The van der Waals surface area contributed by atoms with E-state index in [1.165, 1.54) is 11.6 Å². The third kappa shape index (κ3) is 4.63. The Bertz CT molecular complexity index is 811. The fourth-order valence-electron chi connectivity index (χ4n) is 2.44. The van der Waals surface area contributed by atoms with Gasteiger partial charge in [-0.3, -0.25) is 24.4 Å². The molecule has 0 fully saturated rings. The first-order valence-corrected chi connectivity index (χ1v) is 7.64. The van der Waals surface area contributed by atoms with Crippen molar-refractivity contribution in [2.24, 2.45) is 0 Å². The lowest BCUT2D eigenvalue weighted by atomic mass is 10.2. The number of aromatic nitrogens is 2. The van der Waals surface area contributed by atoms with E-state index >= 15 is 0 Å². The van der Waals surface area contributed by atoms with Gasteiger partial charge in [0.25, 0.3) is 0 Å². The van der Waals surface area contributed by atoms with Crippen LogP contribution in [0.3, 0.4) is 0 Å². The summed E-state index contributed by atoms with van der Waals surface area (Å²) in [5.41, 5.74) is 1.97. The molecule has 2 N–H and O–H groups in total. The van der Waals surface area contributed by atoms with Gasteiger partial charge in [-0.05, 0) is 38.1 Å². The normalized spacial score (nSPS) is 10.4. The summed E-state index contributed by atoms with van der Waals surface area (Å²) < 4.78 is 1.47. The van der Waals surface area contributed by atoms with Gasteiger partial charge in [0.05, 0.1) is 11.5 Å². The SMILES string of the molecule is CC(=O)Nc1ccc(NC(=O)CCn2nc(C)c([N+](=O)[O-])c2C)cc1. The third-order valence-corrected chi connectivity index (χ3v) is 3.57. The Morgan fingerprint density at radius 2 is 1.72 bits per heavy atom. The van der Waals surface area contributed by atoms with Gasteiger partial charge < -0.3 is 10.6 Å². The number of nitrogens with zero attached hydrogens (tertiary/aromatic N) is 3. The highest BCUT2D eigenvalue weighted by atomic mass is 16.6. The van der Waals surface area contributed by atoms with Crippen molar-refractivity contribution in [3.05, 3.63) is 45.8 Å². The minimum absolute atomic E-state index is 0.0195. The van der Waals surface area contributed by atoms with Gasteiger partial charge in [0, 0.05) is 24.7 Å². The molecular formula is C16H19N5O4. The first kappa shape index (κ1) is 18.1. The summed E-state index contributed by atoms with van der Waals surface area (Å²) in [5, 5.41) is 20.4. The van der Waals surface area contributed by atoms with E-state index in [0.29, 0.717) is 22.8 Å². The molecule has 2 rings (SSSR count). The summed E-state index contributed by atoms with van der Waals surface area (Å²) in [5.74, 6) is -0.404. The molecule has 0 bridgehead atoms. The van der Waals surface area contributed by atoms with Crippen molar-refractivity contribution in [3.8, 4) is 0 Å². The predicted molar refractivity (Wildman–Crippen MR) is 92.3 cm³/mol. The molecule has 0 aliphatic carbocycles. The molecule has 0 atom stereocenters. The lowest BCUT2D eigenvalue weighted by Crippen LogP contribution is -2.15. The number of rotatable bonds is 6. The lowest BCUT2D eigenvalue weighted by Gasteiger charge is -2.07. The number of aryl methyl sites for hydroxylation is 2. The Hall–Kier alpha value is -3.23. The van der Waals surface area contributed by atoms with E-state index in [4.69, 9.17) is 0 Å². The van der Waals surface area contributed by atoms with Gasteiger partial charge in [-0.2, -0.15) is 5.10 Å². The Balaban J connectivity index is 1.94. The molecular weight excluding hydrogens is 326 g/mol. The number of anilines is 2. The van der Waals surface area contributed by atoms with Gasteiger partial charge in [0.1, 0.15) is 11.4 Å². The van der Waals surface area contributed by atoms with E-state index in [0.717, 1.165) is 0 Å². The lowest BCUT2D eigenvalue weighted by molar-refractivity contribution is -0.386. The van der Waals surface area contributed by atoms with Crippen LogP contribution in [0.4, 0.5) is 17.1 Å². The number of hydrogen-bond acceptors (Lipinski definition) is 5. The van der Waals surface area contributed by atoms with Crippen molar-refractivity contribution in [2.45, 2.75) is 33.7 Å². The highest BCUT2D eigenvalue weighted by Gasteiger charge is 2.21. The summed E-state index contributed by atoms with van der Waals surface area (Å²) >= 11 is 0. The number of nitrogens with one attached hydrogen (secondary N) is 2. The summed E-state index contributed by atoms with van der Waals surface area (Å²) in [6.07, 6.45) is 0.132. The fraction of sp³-hybridized carbons (Fsp3) is 0.312. The maximum Gasteiger partial charge on any atom is 0.312 e. The van der Waals surface area contributed by atoms with E-state index in [-0.39, 0.29) is 30.5 Å². The number of nitro groups is 1. The predicted octanol–water partition coefficient (Wildman–Crippen LogP) is 2.40. The topological polar surface area (TPSA) is 119 Å². The fourth-order valence-corrected chi connectivity index (χ4v) is 2.44. The average molecular weight is 345 g/mol. The zero-order chi connectivity index (χ0) is 18.6. The van der Waals surface area contributed by atoms with Crippen LogP contribution in [0.25, 0.3) is 0 Å². The standard InChI is InChI=1S/C16H19N5O4/c1-10-16(21(24)25)11(2)20(19-10)9-8-15(23)18-14-6-4-13(5-7-14)17-12(3)22/h4-7H,8-9H2,1-3H3,(H,17,22)(H,18,23). The highest BCUT2D eigenvalue weighted by Crippen LogP contribution is 2.22. The smallest absolute Gasteiger partial charge is 0.312 e. The molecule has 1 heterocycles. The minimum atomic E-state index is -0.467. The number of hydrogen-bond donors (Lipinski definition) is 2. The molecule has 132 valence electrons. The van der Waals surface area contributed by atoms with E-state index in [1.54, 1.807) is 38.1 Å². The number of carbonyl (C=O) groups excluding carboxylic acids is 2. The first-order chi connectivity index (χ1) is 11.8. The second kappa shape index (κ2) is 7.56. The van der Waals surface area contributed by atoms with E-state index < -0.39 is 4.92 Å². The highest BCUT2D eigenvalue weighted by molar-refractivity contribution is 5.92. The first-order valence-electron chi connectivity index (χ1n) is 7.64. The van der Waals surface area contributed by atoms with Crippen LogP contribution in [-0.4, -0.2) is 26.5 Å². The van der Waals surface area contributed by atoms with Crippen LogP contribution in [-0.2, 0) is 16.1 Å². The molecule has 0 unspecified atom stereocenters. The van der Waals surface area contributed by atoms with Gasteiger partial charge in [-0.25, -0.2) is 0 Å². The summed E-state index contributed by atoms with van der Waals surface area (Å²) in [6.45, 7) is 4.84. The maximum absolute atomic E-state index is 12.0. The molecule has 2 amide bonds. The van der Waals surface area contributed by atoms with Crippen LogP contribution in [0, 0.1) is 24.0 Å². The van der Waals surface area contributed by atoms with Crippen molar-refractivity contribution < 1.29 is 14.5 Å². The molecule has 9 heteroatoms. The van der Waals surface area contributed by atoms with Crippen molar-refractivity contribution in [3.63, 3.8) is 0 Å². The number of amides is 2. The third-order valence-electron chi connectivity index (χ3n) is 3.57. The van der Waals surface area contributed by atoms with Crippen LogP contribution in [0.15, 0.2) is 24.3 Å². The quantitative estimate of drug-likeness (QED) is 0.615. The molecule has 25 heavy (non-hydrogen) atoms. The molecule has 0 saturated carbocycles. The van der Waals surface area contributed by atoms with Crippen LogP contribution in [0.1, 0.15) is 24.7 Å². The van der Waals surface area contributed by atoms with Crippen LogP contribution < -0.4 is 10.6 Å². The molecule has 0 spiro atoms. The van der Waals surface area contributed by atoms with Gasteiger partial charge >= 0.3 is 5.69 Å². The molecule has 2 aromatic rings. The van der Waals surface area contributed by atoms with Gasteiger partial charge in [-0.15, -0.1) is 0 Å². The molecule has 9 nitrogen and oxygen atoms in total. The average Bonchev–Trinajstić information content (AvgIpc) is 2.81. The van der Waals surface area contributed by atoms with Crippen LogP contribution >= 0.6 is 0 Å². The van der Waals surface area contributed by atoms with Crippen LogP contribution in [0.5, 0.6) is 0 Å². The second-order valence-electron chi connectivity index (χ2n) is 5.56. The van der Waals surface area contributed by atoms with Gasteiger partial charge in [0.2, 0.25) is 11.8 Å². The molecule has 0 aliphatic heterocycles. The Morgan fingerprint density at radius 3 is 2.20 bits per heavy atom. The molecule has 1 aromatic carbocycles. The van der Waals surface area contributed by atoms with Crippen molar-refractivity contribution in [2.75, 3.05) is 10.6 Å². The monoisotopic (exact) mass is 345 g/mol. The van der Waals surface area contributed by atoms with Crippen molar-refractivity contribution >= 4 is 28.9 Å². The van der Waals surface area contributed by atoms with E-state index in [9.17, 15) is 19.7 Å². The molecule has 0 radical (unpaired) electrons. The van der Waals surface area contributed by atoms with E-state index in [2.05, 4.69) is 15.7 Å². The Morgan fingerprint density at radius 1 is 1.16 bits per heavy atom.